The smallest absolute Gasteiger partial charge is 0.271 e. The first kappa shape index (κ1) is 18.4. The number of nitro benzene ring substituents is 1. The number of benzene rings is 1. The Labute approximate surface area is 154 Å². The van der Waals surface area contributed by atoms with Crippen molar-refractivity contribution in [2.75, 3.05) is 5.32 Å². The van der Waals surface area contributed by atoms with Crippen LogP contribution in [0.1, 0.15) is 44.1 Å². The van der Waals surface area contributed by atoms with Crippen LogP contribution in [-0.4, -0.2) is 10.8 Å². The SMILES string of the molecule is Cc1ccc([N+](=O)[O-])cc1NC(=O)C1[C@H]2CC/C=C\CC/C=C\CC[C@H]12. The van der Waals surface area contributed by atoms with Crippen molar-refractivity contribution in [2.45, 2.75) is 45.4 Å². The minimum Gasteiger partial charge on any atom is -0.325 e. The number of nitrogens with one attached hydrogen (secondary N) is 1. The Bertz CT molecular complexity index is 715. The van der Waals surface area contributed by atoms with Crippen LogP contribution in [0, 0.1) is 34.8 Å². The van der Waals surface area contributed by atoms with E-state index < -0.39 is 4.92 Å². The van der Waals surface area contributed by atoms with Gasteiger partial charge >= 0.3 is 0 Å². The number of nitrogens with zero attached hydrogens (tertiary/aromatic N) is 1. The highest BCUT2D eigenvalue weighted by Gasteiger charge is 2.52. The summed E-state index contributed by atoms with van der Waals surface area (Å²) in [7, 11) is 0. The summed E-state index contributed by atoms with van der Waals surface area (Å²) in [5.74, 6) is 0.876. The average molecular weight is 354 g/mol. The van der Waals surface area contributed by atoms with Gasteiger partial charge in [0.15, 0.2) is 0 Å². The molecule has 0 spiro atoms. The summed E-state index contributed by atoms with van der Waals surface area (Å²) in [4.78, 5) is 23.3. The zero-order valence-corrected chi connectivity index (χ0v) is 15.2. The number of non-ortho nitro benzene ring substituents is 1. The number of hydrogen-bond acceptors (Lipinski definition) is 3. The van der Waals surface area contributed by atoms with E-state index in [2.05, 4.69) is 29.6 Å². The number of fused-ring (bicyclic) bond motifs is 1. The van der Waals surface area contributed by atoms with Gasteiger partial charge < -0.3 is 5.32 Å². The molecule has 1 N–H and O–H groups in total. The summed E-state index contributed by atoms with van der Waals surface area (Å²) >= 11 is 0. The van der Waals surface area contributed by atoms with Gasteiger partial charge in [-0.1, -0.05) is 30.4 Å². The van der Waals surface area contributed by atoms with Crippen molar-refractivity contribution in [3.05, 3.63) is 58.2 Å². The lowest BCUT2D eigenvalue weighted by atomic mass is 10.1. The predicted octanol–water partition coefficient (Wildman–Crippen LogP) is 5.17. The molecule has 2 aliphatic carbocycles. The number of hydrogen-bond donors (Lipinski definition) is 1. The van der Waals surface area contributed by atoms with E-state index in [0.29, 0.717) is 17.5 Å². The first-order valence-electron chi connectivity index (χ1n) is 9.44. The number of aryl methyl sites for hydroxylation is 1. The summed E-state index contributed by atoms with van der Waals surface area (Å²) < 4.78 is 0. The minimum atomic E-state index is -0.433. The van der Waals surface area contributed by atoms with Crippen LogP contribution in [0.3, 0.4) is 0 Å². The molecular formula is C21H26N2O3. The maximum atomic E-state index is 12.8. The maximum Gasteiger partial charge on any atom is 0.271 e. The second-order valence-electron chi connectivity index (χ2n) is 7.27. The Morgan fingerprint density at radius 2 is 1.62 bits per heavy atom. The van der Waals surface area contributed by atoms with Crippen molar-refractivity contribution in [1.82, 2.24) is 0 Å². The van der Waals surface area contributed by atoms with Gasteiger partial charge in [-0.05, 0) is 62.8 Å². The van der Waals surface area contributed by atoms with Crippen LogP contribution in [0.2, 0.25) is 0 Å². The number of allylic oxidation sites excluding steroid dienone is 4. The average Bonchev–Trinajstić information content (AvgIpc) is 3.29. The zero-order chi connectivity index (χ0) is 18.5. The third kappa shape index (κ3) is 4.40. The molecule has 0 bridgehead atoms. The summed E-state index contributed by atoms with van der Waals surface area (Å²) in [6, 6.07) is 4.60. The van der Waals surface area contributed by atoms with Crippen LogP contribution in [0.25, 0.3) is 0 Å². The predicted molar refractivity (Wildman–Crippen MR) is 103 cm³/mol. The monoisotopic (exact) mass is 354 g/mol. The molecule has 1 aromatic carbocycles. The van der Waals surface area contributed by atoms with E-state index in [0.717, 1.165) is 44.1 Å². The second kappa shape index (κ2) is 8.30. The van der Waals surface area contributed by atoms with E-state index in [4.69, 9.17) is 0 Å². The molecule has 0 saturated heterocycles. The molecular weight excluding hydrogens is 328 g/mol. The fourth-order valence-electron chi connectivity index (χ4n) is 3.94. The van der Waals surface area contributed by atoms with Gasteiger partial charge in [-0.2, -0.15) is 0 Å². The molecule has 5 heteroatoms. The van der Waals surface area contributed by atoms with Gasteiger partial charge in [0, 0.05) is 18.1 Å². The molecule has 1 amide bonds. The molecule has 0 aromatic heterocycles. The summed E-state index contributed by atoms with van der Waals surface area (Å²) in [6.45, 7) is 1.85. The van der Waals surface area contributed by atoms with Crippen LogP contribution in [-0.2, 0) is 4.79 Å². The van der Waals surface area contributed by atoms with E-state index in [1.807, 2.05) is 6.92 Å². The molecule has 138 valence electrons. The molecule has 1 saturated carbocycles. The standard InChI is InChI=1S/C21H26N2O3/c1-15-12-13-16(23(25)26)14-19(15)22-21(24)20-17-10-8-6-4-2-3-5-7-9-11-18(17)20/h4-7,12-14,17-18,20H,2-3,8-11H2,1H3,(H,22,24)/b6-4-,7-5-/t17-,18-/m0/s1. The molecule has 26 heavy (non-hydrogen) atoms. The first-order valence-corrected chi connectivity index (χ1v) is 9.44. The fraction of sp³-hybridized carbons (Fsp3) is 0.476. The van der Waals surface area contributed by atoms with Crippen LogP contribution in [0.5, 0.6) is 0 Å². The Hall–Kier alpha value is -2.43. The van der Waals surface area contributed by atoms with Crippen LogP contribution in [0.4, 0.5) is 11.4 Å². The van der Waals surface area contributed by atoms with Crippen LogP contribution < -0.4 is 5.32 Å². The summed E-state index contributed by atoms with van der Waals surface area (Å²) in [5.41, 5.74) is 1.39. The lowest BCUT2D eigenvalue weighted by molar-refractivity contribution is -0.384. The first-order chi connectivity index (χ1) is 12.6. The molecule has 3 rings (SSSR count). The highest BCUT2D eigenvalue weighted by molar-refractivity contribution is 5.95. The van der Waals surface area contributed by atoms with Crippen molar-refractivity contribution in [2.24, 2.45) is 17.8 Å². The number of amides is 1. The van der Waals surface area contributed by atoms with Crippen molar-refractivity contribution < 1.29 is 9.72 Å². The normalized spacial score (nSPS) is 28.0. The molecule has 1 fully saturated rings. The van der Waals surface area contributed by atoms with Crippen molar-refractivity contribution in [1.29, 1.82) is 0 Å². The van der Waals surface area contributed by atoms with Gasteiger partial charge in [0.2, 0.25) is 5.91 Å². The van der Waals surface area contributed by atoms with Gasteiger partial charge in [0.25, 0.3) is 5.69 Å². The quantitative estimate of drug-likeness (QED) is 0.462. The van der Waals surface area contributed by atoms with E-state index in [1.165, 1.54) is 12.1 Å². The Morgan fingerprint density at radius 3 is 2.19 bits per heavy atom. The van der Waals surface area contributed by atoms with Gasteiger partial charge in [-0.3, -0.25) is 14.9 Å². The maximum absolute atomic E-state index is 12.8. The Balaban J connectivity index is 1.68. The molecule has 2 atom stereocenters. The number of carbonyl (C=O) groups is 1. The Morgan fingerprint density at radius 1 is 1.04 bits per heavy atom. The van der Waals surface area contributed by atoms with Gasteiger partial charge in [-0.25, -0.2) is 0 Å². The number of rotatable bonds is 3. The van der Waals surface area contributed by atoms with E-state index in [1.54, 1.807) is 6.07 Å². The van der Waals surface area contributed by atoms with E-state index in [-0.39, 0.29) is 17.5 Å². The van der Waals surface area contributed by atoms with Gasteiger partial charge in [-0.15, -0.1) is 0 Å². The number of carbonyl (C=O) groups excluding carboxylic acids is 1. The second-order valence-corrected chi connectivity index (χ2v) is 7.27. The molecule has 0 aliphatic heterocycles. The molecule has 5 nitrogen and oxygen atoms in total. The number of nitro groups is 1. The van der Waals surface area contributed by atoms with Gasteiger partial charge in [0.1, 0.15) is 0 Å². The highest BCUT2D eigenvalue weighted by Crippen LogP contribution is 2.52. The van der Waals surface area contributed by atoms with Crippen molar-refractivity contribution in [3.63, 3.8) is 0 Å². The highest BCUT2D eigenvalue weighted by atomic mass is 16.6. The Kier molecular flexibility index (Phi) is 5.86. The zero-order valence-electron chi connectivity index (χ0n) is 15.2. The van der Waals surface area contributed by atoms with Crippen LogP contribution in [0.15, 0.2) is 42.5 Å². The number of anilines is 1. The minimum absolute atomic E-state index is 0.00321. The third-order valence-corrected chi connectivity index (χ3v) is 5.49. The van der Waals surface area contributed by atoms with E-state index in [9.17, 15) is 14.9 Å². The summed E-state index contributed by atoms with van der Waals surface area (Å²) in [5, 5.41) is 13.9. The van der Waals surface area contributed by atoms with Crippen molar-refractivity contribution in [3.8, 4) is 0 Å². The van der Waals surface area contributed by atoms with Crippen LogP contribution >= 0.6 is 0 Å². The molecule has 0 heterocycles. The lowest BCUT2D eigenvalue weighted by Gasteiger charge is -2.08. The molecule has 2 aliphatic rings. The third-order valence-electron chi connectivity index (χ3n) is 5.49. The van der Waals surface area contributed by atoms with Crippen molar-refractivity contribution >= 4 is 17.3 Å². The largest absolute Gasteiger partial charge is 0.325 e. The summed E-state index contributed by atoms with van der Waals surface area (Å²) in [6.07, 6.45) is 15.2. The molecule has 0 unspecified atom stereocenters. The molecule has 1 aromatic rings. The van der Waals surface area contributed by atoms with Gasteiger partial charge in [0.05, 0.1) is 10.6 Å². The lowest BCUT2D eigenvalue weighted by Crippen LogP contribution is -2.16. The van der Waals surface area contributed by atoms with E-state index >= 15 is 0 Å². The molecule has 0 radical (unpaired) electrons. The fourth-order valence-corrected chi connectivity index (χ4v) is 3.94. The topological polar surface area (TPSA) is 72.2 Å².